The Morgan fingerprint density at radius 3 is 2.43 bits per heavy atom. The third-order valence-electron chi connectivity index (χ3n) is 5.48. The summed E-state index contributed by atoms with van der Waals surface area (Å²) in [6.45, 7) is -0.193. The van der Waals surface area contributed by atoms with Gasteiger partial charge in [0.25, 0.3) is 5.91 Å². The van der Waals surface area contributed by atoms with Gasteiger partial charge in [0.05, 0.1) is 16.1 Å². The number of carbonyl (C=O) groups excluding carboxylic acids is 2. The van der Waals surface area contributed by atoms with E-state index >= 15 is 0 Å². The summed E-state index contributed by atoms with van der Waals surface area (Å²) in [5, 5.41) is 7.06. The van der Waals surface area contributed by atoms with Crippen molar-refractivity contribution in [2.24, 2.45) is 0 Å². The van der Waals surface area contributed by atoms with Crippen LogP contribution in [0.15, 0.2) is 18.2 Å². The van der Waals surface area contributed by atoms with Crippen molar-refractivity contribution in [2.75, 3.05) is 12.4 Å². The molecule has 30 heavy (non-hydrogen) atoms. The van der Waals surface area contributed by atoms with E-state index < -0.39 is 34.6 Å². The SMILES string of the molecule is O=C(COc1ccc(Cl)c(Cl)c1)NC12CC(NC(=O)C3CSC(C(F)(F)F)N3)(C1)C2. The molecule has 6 nitrogen and oxygen atoms in total. The van der Waals surface area contributed by atoms with Crippen LogP contribution >= 0.6 is 35.0 Å². The predicted octanol–water partition coefficient (Wildman–Crippen LogP) is 2.87. The van der Waals surface area contributed by atoms with Gasteiger partial charge in [-0.2, -0.15) is 13.2 Å². The van der Waals surface area contributed by atoms with Gasteiger partial charge in [-0.15, -0.1) is 11.8 Å². The number of amides is 2. The number of ether oxygens (including phenoxy) is 1. The predicted molar refractivity (Wildman–Crippen MR) is 107 cm³/mol. The van der Waals surface area contributed by atoms with Crippen molar-refractivity contribution >= 4 is 46.8 Å². The second-order valence-electron chi connectivity index (χ2n) is 7.97. The van der Waals surface area contributed by atoms with Crippen LogP contribution in [0.25, 0.3) is 0 Å². The number of hydrogen-bond acceptors (Lipinski definition) is 5. The van der Waals surface area contributed by atoms with Crippen LogP contribution in [0, 0.1) is 0 Å². The summed E-state index contributed by atoms with van der Waals surface area (Å²) in [5.74, 6) is -0.251. The Morgan fingerprint density at radius 2 is 1.83 bits per heavy atom. The van der Waals surface area contributed by atoms with E-state index in [0.29, 0.717) is 46.8 Å². The smallest absolute Gasteiger partial charge is 0.413 e. The maximum Gasteiger partial charge on any atom is 0.413 e. The molecular formula is C18H18Cl2F3N3O3S. The zero-order valence-corrected chi connectivity index (χ0v) is 17.8. The van der Waals surface area contributed by atoms with Gasteiger partial charge in [0, 0.05) is 22.9 Å². The summed E-state index contributed by atoms with van der Waals surface area (Å²) >= 11 is 12.4. The molecule has 2 amide bonds. The van der Waals surface area contributed by atoms with Gasteiger partial charge >= 0.3 is 6.18 Å². The highest BCUT2D eigenvalue weighted by Crippen LogP contribution is 2.60. The number of rotatable bonds is 6. The fourth-order valence-corrected chi connectivity index (χ4v) is 5.63. The van der Waals surface area contributed by atoms with E-state index in [2.05, 4.69) is 16.0 Å². The molecule has 3 aliphatic carbocycles. The lowest BCUT2D eigenvalue weighted by molar-refractivity contribution is -0.152. The molecule has 2 bridgehead atoms. The van der Waals surface area contributed by atoms with Crippen LogP contribution in [0.4, 0.5) is 13.2 Å². The minimum absolute atomic E-state index is 0.0695. The summed E-state index contributed by atoms with van der Waals surface area (Å²) in [7, 11) is 0. The molecule has 12 heteroatoms. The molecule has 1 aliphatic heterocycles. The Hall–Kier alpha value is -1.36. The molecular weight excluding hydrogens is 466 g/mol. The van der Waals surface area contributed by atoms with E-state index in [4.69, 9.17) is 27.9 Å². The first kappa shape index (κ1) is 21.9. The Morgan fingerprint density at radius 1 is 1.17 bits per heavy atom. The maximum absolute atomic E-state index is 12.7. The van der Waals surface area contributed by atoms with Gasteiger partial charge < -0.3 is 15.4 Å². The van der Waals surface area contributed by atoms with Crippen LogP contribution < -0.4 is 20.7 Å². The highest BCUT2D eigenvalue weighted by atomic mass is 35.5. The van der Waals surface area contributed by atoms with Gasteiger partial charge in [-0.05, 0) is 31.4 Å². The van der Waals surface area contributed by atoms with Crippen molar-refractivity contribution in [1.29, 1.82) is 0 Å². The first-order chi connectivity index (χ1) is 14.0. The van der Waals surface area contributed by atoms with Crippen LogP contribution in [0.3, 0.4) is 0 Å². The lowest BCUT2D eigenvalue weighted by Gasteiger charge is -2.70. The number of alkyl halides is 3. The number of halogens is 5. The molecule has 1 saturated heterocycles. The van der Waals surface area contributed by atoms with Crippen molar-refractivity contribution in [3.8, 4) is 5.75 Å². The van der Waals surface area contributed by atoms with Crippen LogP contribution in [-0.4, -0.2) is 52.8 Å². The molecule has 3 N–H and O–H groups in total. The lowest BCUT2D eigenvalue weighted by atomic mass is 9.44. The molecule has 1 heterocycles. The van der Waals surface area contributed by atoms with E-state index in [-0.39, 0.29) is 18.3 Å². The molecule has 1 aromatic rings. The molecule has 4 aliphatic rings. The molecule has 1 aromatic carbocycles. The molecule has 164 valence electrons. The first-order valence-electron chi connectivity index (χ1n) is 9.15. The fraction of sp³-hybridized carbons (Fsp3) is 0.556. The Kier molecular flexibility index (Phi) is 5.57. The molecule has 4 fully saturated rings. The van der Waals surface area contributed by atoms with Crippen LogP contribution in [0.2, 0.25) is 10.0 Å². The van der Waals surface area contributed by atoms with Gasteiger partial charge in [-0.3, -0.25) is 14.9 Å². The second kappa shape index (κ2) is 7.65. The van der Waals surface area contributed by atoms with Crippen molar-refractivity contribution in [3.63, 3.8) is 0 Å². The van der Waals surface area contributed by atoms with Crippen LogP contribution in [0.1, 0.15) is 19.3 Å². The topological polar surface area (TPSA) is 79.5 Å². The van der Waals surface area contributed by atoms with Crippen molar-refractivity contribution in [2.45, 2.75) is 47.9 Å². The van der Waals surface area contributed by atoms with Gasteiger partial charge in [0.2, 0.25) is 5.91 Å². The van der Waals surface area contributed by atoms with E-state index in [1.54, 1.807) is 12.1 Å². The number of hydrogen-bond donors (Lipinski definition) is 3. The Bertz CT molecular complexity index is 866. The third kappa shape index (κ3) is 4.32. The molecule has 2 atom stereocenters. The largest absolute Gasteiger partial charge is 0.484 e. The van der Waals surface area contributed by atoms with Crippen LogP contribution in [-0.2, 0) is 9.59 Å². The average Bonchev–Trinajstić information content (AvgIpc) is 3.10. The van der Waals surface area contributed by atoms with Gasteiger partial charge in [0.1, 0.15) is 5.75 Å². The number of nitrogens with one attached hydrogen (secondary N) is 3. The zero-order valence-electron chi connectivity index (χ0n) is 15.4. The maximum atomic E-state index is 12.7. The summed E-state index contributed by atoms with van der Waals surface area (Å²) < 4.78 is 43.6. The fourth-order valence-electron chi connectivity index (χ4n) is 4.26. The standard InChI is InChI=1S/C18H18Cl2F3N3O3S/c19-10-2-1-9(3-11(10)20)29-4-13(27)25-16-6-17(7-16,8-16)26-14(28)12-5-30-15(24-12)18(21,22)23/h1-3,12,15,24H,4-8H2,(H,25,27)(H,26,28). The van der Waals surface area contributed by atoms with Gasteiger partial charge in [0.15, 0.2) is 12.0 Å². The van der Waals surface area contributed by atoms with Crippen molar-refractivity contribution in [1.82, 2.24) is 16.0 Å². The quantitative estimate of drug-likeness (QED) is 0.579. The monoisotopic (exact) mass is 483 g/mol. The second-order valence-corrected chi connectivity index (χ2v) is 9.92. The van der Waals surface area contributed by atoms with E-state index in [1.165, 1.54) is 6.07 Å². The van der Waals surface area contributed by atoms with Gasteiger partial charge in [-0.25, -0.2) is 0 Å². The highest BCUT2D eigenvalue weighted by Gasteiger charge is 2.69. The summed E-state index contributed by atoms with van der Waals surface area (Å²) in [6.07, 6.45) is -2.74. The molecule has 0 spiro atoms. The molecule has 5 rings (SSSR count). The highest BCUT2D eigenvalue weighted by molar-refractivity contribution is 8.00. The van der Waals surface area contributed by atoms with Gasteiger partial charge in [-0.1, -0.05) is 23.2 Å². The minimum Gasteiger partial charge on any atom is -0.484 e. The van der Waals surface area contributed by atoms with Crippen LogP contribution in [0.5, 0.6) is 5.75 Å². The zero-order chi connectivity index (χ0) is 21.7. The van der Waals surface area contributed by atoms with Crippen molar-refractivity contribution < 1.29 is 27.5 Å². The summed E-state index contributed by atoms with van der Waals surface area (Å²) in [5.41, 5.74) is -0.838. The molecule has 3 saturated carbocycles. The number of thioether (sulfide) groups is 1. The normalized spacial score (nSPS) is 32.0. The first-order valence-corrected chi connectivity index (χ1v) is 11.0. The Balaban J connectivity index is 1.20. The summed E-state index contributed by atoms with van der Waals surface area (Å²) in [6, 6.07) is 3.81. The average molecular weight is 484 g/mol. The minimum atomic E-state index is -4.39. The van der Waals surface area contributed by atoms with Crippen molar-refractivity contribution in [3.05, 3.63) is 28.2 Å². The van der Waals surface area contributed by atoms with E-state index in [9.17, 15) is 22.8 Å². The molecule has 0 radical (unpaired) electrons. The molecule has 0 aromatic heterocycles. The summed E-state index contributed by atoms with van der Waals surface area (Å²) in [4.78, 5) is 24.5. The van der Waals surface area contributed by atoms with E-state index in [1.807, 2.05) is 0 Å². The third-order valence-corrected chi connectivity index (χ3v) is 7.48. The number of carbonyl (C=O) groups is 2. The lowest BCUT2D eigenvalue weighted by Crippen LogP contribution is -2.84. The number of benzene rings is 1. The van der Waals surface area contributed by atoms with E-state index in [0.717, 1.165) is 0 Å². The molecule has 2 unspecified atom stereocenters. The Labute approximate surface area is 184 Å².